The van der Waals surface area contributed by atoms with Crippen LogP contribution in [0.1, 0.15) is 0 Å². The molecule has 2 rings (SSSR count). The molecule has 0 fully saturated rings. The number of pyridine rings is 1. The molecule has 0 radical (unpaired) electrons. The average molecular weight is 227 g/mol. The Kier molecular flexibility index (Phi) is 2.94. The zero-order chi connectivity index (χ0) is 11.5. The fourth-order valence-corrected chi connectivity index (χ4v) is 1.40. The van der Waals surface area contributed by atoms with Crippen LogP contribution >= 0.6 is 0 Å². The fraction of sp³-hybridized carbons (Fsp3) is 0.182. The highest BCUT2D eigenvalue weighted by Crippen LogP contribution is 2.26. The van der Waals surface area contributed by atoms with E-state index in [1.807, 2.05) is 0 Å². The monoisotopic (exact) mass is 227 g/mol. The van der Waals surface area contributed by atoms with Crippen molar-refractivity contribution in [2.75, 3.05) is 6.61 Å². The van der Waals surface area contributed by atoms with Gasteiger partial charge in [-0.2, -0.15) is 4.39 Å². The van der Waals surface area contributed by atoms with Gasteiger partial charge in [0.05, 0.1) is 6.20 Å². The summed E-state index contributed by atoms with van der Waals surface area (Å²) in [7, 11) is 0. The smallest absolute Gasteiger partial charge is 0.272 e. The Bertz CT molecular complexity index is 502. The topological polar surface area (TPSA) is 22.1 Å². The molecule has 0 unspecified atom stereocenters. The Labute approximate surface area is 89.7 Å². The second kappa shape index (κ2) is 4.38. The number of halogens is 3. The number of aromatic nitrogens is 1. The molecule has 0 bridgehead atoms. The molecule has 0 aliphatic carbocycles. The first-order valence-corrected chi connectivity index (χ1v) is 4.62. The third-order valence-corrected chi connectivity index (χ3v) is 2.07. The minimum Gasteiger partial charge on any atom is -0.485 e. The second-order valence-electron chi connectivity index (χ2n) is 3.16. The van der Waals surface area contributed by atoms with Gasteiger partial charge in [0.1, 0.15) is 12.4 Å². The molecule has 0 aliphatic heterocycles. The molecule has 0 amide bonds. The molecule has 0 spiro atoms. The van der Waals surface area contributed by atoms with Gasteiger partial charge >= 0.3 is 0 Å². The van der Waals surface area contributed by atoms with E-state index in [2.05, 4.69) is 4.98 Å². The van der Waals surface area contributed by atoms with Crippen LogP contribution < -0.4 is 4.74 Å². The van der Waals surface area contributed by atoms with Crippen LogP contribution in [-0.2, 0) is 0 Å². The van der Waals surface area contributed by atoms with E-state index >= 15 is 0 Å². The number of rotatable bonds is 3. The van der Waals surface area contributed by atoms with Gasteiger partial charge in [-0.05, 0) is 6.07 Å². The molecule has 1 heterocycles. The van der Waals surface area contributed by atoms with Crippen LogP contribution in [0.25, 0.3) is 10.8 Å². The maximum atomic E-state index is 13.3. The molecule has 0 atom stereocenters. The highest BCUT2D eigenvalue weighted by Gasteiger charge is 2.09. The van der Waals surface area contributed by atoms with E-state index in [0.29, 0.717) is 5.39 Å². The van der Waals surface area contributed by atoms with E-state index in [4.69, 9.17) is 4.74 Å². The fourth-order valence-electron chi connectivity index (χ4n) is 1.40. The number of nitrogens with zero attached hydrogens (tertiary/aromatic N) is 1. The molecule has 1 aromatic heterocycles. The summed E-state index contributed by atoms with van der Waals surface area (Å²) in [6, 6.07) is 6.44. The molecule has 0 saturated heterocycles. The Balaban J connectivity index is 2.42. The van der Waals surface area contributed by atoms with Crippen molar-refractivity contribution in [3.63, 3.8) is 0 Å². The maximum Gasteiger partial charge on any atom is 0.272 e. The zero-order valence-corrected chi connectivity index (χ0v) is 8.16. The largest absolute Gasteiger partial charge is 0.485 e. The van der Waals surface area contributed by atoms with Gasteiger partial charge in [0, 0.05) is 10.8 Å². The Morgan fingerprint density at radius 3 is 2.56 bits per heavy atom. The zero-order valence-electron chi connectivity index (χ0n) is 8.16. The van der Waals surface area contributed by atoms with Crippen molar-refractivity contribution in [1.29, 1.82) is 0 Å². The molecule has 0 saturated carbocycles. The predicted octanol–water partition coefficient (Wildman–Crippen LogP) is 3.02. The quantitative estimate of drug-likeness (QED) is 0.752. The normalized spacial score (nSPS) is 11.0. The van der Waals surface area contributed by atoms with Crippen molar-refractivity contribution >= 4 is 10.8 Å². The van der Waals surface area contributed by atoms with E-state index in [1.165, 1.54) is 6.07 Å². The van der Waals surface area contributed by atoms with Crippen molar-refractivity contribution < 1.29 is 17.9 Å². The Morgan fingerprint density at radius 1 is 1.19 bits per heavy atom. The van der Waals surface area contributed by atoms with E-state index in [0.717, 1.165) is 6.20 Å². The lowest BCUT2D eigenvalue weighted by atomic mass is 10.1. The average Bonchev–Trinajstić information content (AvgIpc) is 2.28. The molecule has 5 heteroatoms. The standard InChI is InChI=1S/C11H8F3NO/c12-10(13)6-16-9-5-15-11(14)8-4-2-1-3-7(8)9/h1-5,10H,6H2. The van der Waals surface area contributed by atoms with E-state index in [9.17, 15) is 13.2 Å². The van der Waals surface area contributed by atoms with Crippen LogP contribution in [0, 0.1) is 5.95 Å². The minimum absolute atomic E-state index is 0.164. The summed E-state index contributed by atoms with van der Waals surface area (Å²) in [5, 5.41) is 0.699. The third kappa shape index (κ3) is 2.08. The number of alkyl halides is 2. The Morgan fingerprint density at radius 2 is 1.88 bits per heavy atom. The van der Waals surface area contributed by atoms with Crippen molar-refractivity contribution in [3.8, 4) is 5.75 Å². The van der Waals surface area contributed by atoms with Crippen LogP contribution in [0.2, 0.25) is 0 Å². The summed E-state index contributed by atoms with van der Waals surface area (Å²) < 4.78 is 42.1. The maximum absolute atomic E-state index is 13.3. The minimum atomic E-state index is -2.57. The van der Waals surface area contributed by atoms with E-state index < -0.39 is 19.0 Å². The van der Waals surface area contributed by atoms with E-state index in [1.54, 1.807) is 18.2 Å². The molecule has 2 nitrogen and oxygen atoms in total. The summed E-state index contributed by atoms with van der Waals surface area (Å²) in [6.07, 6.45) is -1.45. The van der Waals surface area contributed by atoms with Crippen LogP contribution in [0.15, 0.2) is 30.5 Å². The van der Waals surface area contributed by atoms with Crippen LogP contribution in [0.4, 0.5) is 13.2 Å². The van der Waals surface area contributed by atoms with Gasteiger partial charge < -0.3 is 4.74 Å². The summed E-state index contributed by atoms with van der Waals surface area (Å²) in [4.78, 5) is 3.45. The number of hydrogen-bond acceptors (Lipinski definition) is 2. The van der Waals surface area contributed by atoms with Crippen LogP contribution in [0.3, 0.4) is 0 Å². The summed E-state index contributed by atoms with van der Waals surface area (Å²) in [6.45, 7) is -0.725. The molecule has 1 aromatic carbocycles. The first-order valence-electron chi connectivity index (χ1n) is 4.62. The number of hydrogen-bond donors (Lipinski definition) is 0. The van der Waals surface area contributed by atoms with Crippen molar-refractivity contribution in [2.24, 2.45) is 0 Å². The molecule has 84 valence electrons. The molecule has 16 heavy (non-hydrogen) atoms. The molecule has 0 aliphatic rings. The Hall–Kier alpha value is -1.78. The van der Waals surface area contributed by atoms with Gasteiger partial charge in [0.2, 0.25) is 5.95 Å². The van der Waals surface area contributed by atoms with Gasteiger partial charge in [0.15, 0.2) is 0 Å². The molecular formula is C11H8F3NO. The van der Waals surface area contributed by atoms with Gasteiger partial charge in [0.25, 0.3) is 6.43 Å². The van der Waals surface area contributed by atoms with Gasteiger partial charge in [-0.3, -0.25) is 0 Å². The van der Waals surface area contributed by atoms with Gasteiger partial charge in [-0.25, -0.2) is 13.8 Å². The number of benzene rings is 1. The van der Waals surface area contributed by atoms with E-state index in [-0.39, 0.29) is 11.1 Å². The predicted molar refractivity (Wildman–Crippen MR) is 53.2 cm³/mol. The third-order valence-electron chi connectivity index (χ3n) is 2.07. The van der Waals surface area contributed by atoms with Crippen LogP contribution in [-0.4, -0.2) is 18.0 Å². The van der Waals surface area contributed by atoms with Gasteiger partial charge in [-0.1, -0.05) is 18.2 Å². The first-order chi connectivity index (χ1) is 7.68. The lowest BCUT2D eigenvalue weighted by molar-refractivity contribution is 0.0824. The van der Waals surface area contributed by atoms with Crippen LogP contribution in [0.5, 0.6) is 5.75 Å². The van der Waals surface area contributed by atoms with Crippen molar-refractivity contribution in [2.45, 2.75) is 6.43 Å². The summed E-state index contributed by atoms with van der Waals surface area (Å²) >= 11 is 0. The molecule has 0 N–H and O–H groups in total. The van der Waals surface area contributed by atoms with Gasteiger partial charge in [-0.15, -0.1) is 0 Å². The first kappa shape index (κ1) is 10.7. The summed E-state index contributed by atoms with van der Waals surface area (Å²) in [5.41, 5.74) is 0. The number of ether oxygens (including phenoxy) is 1. The lowest BCUT2D eigenvalue weighted by Crippen LogP contribution is -2.07. The summed E-state index contributed by atoms with van der Waals surface area (Å²) in [5.74, 6) is -0.475. The molecular weight excluding hydrogens is 219 g/mol. The lowest BCUT2D eigenvalue weighted by Gasteiger charge is -2.08. The molecule has 2 aromatic rings. The second-order valence-corrected chi connectivity index (χ2v) is 3.16. The van der Waals surface area contributed by atoms with Crippen molar-refractivity contribution in [3.05, 3.63) is 36.4 Å². The SMILES string of the molecule is Fc1ncc(OCC(F)F)c2ccccc12. The number of fused-ring (bicyclic) bond motifs is 1. The van der Waals surface area contributed by atoms with Crippen molar-refractivity contribution in [1.82, 2.24) is 4.98 Å². The highest BCUT2D eigenvalue weighted by molar-refractivity contribution is 5.87. The highest BCUT2D eigenvalue weighted by atomic mass is 19.3.